The molecule has 1 aliphatic rings. The molecule has 11 aromatic rings. The van der Waals surface area contributed by atoms with Gasteiger partial charge in [-0.1, -0.05) is 172 Å². The van der Waals surface area contributed by atoms with E-state index in [0.717, 1.165) is 43.9 Å². The third-order valence-electron chi connectivity index (χ3n) is 13.0. The molecule has 12 rings (SSSR count). The van der Waals surface area contributed by atoms with E-state index in [1.807, 2.05) is 24.3 Å². The Morgan fingerprint density at radius 3 is 1.35 bits per heavy atom. The van der Waals surface area contributed by atoms with Gasteiger partial charge in [-0.2, -0.15) is 0 Å². The van der Waals surface area contributed by atoms with E-state index in [1.54, 1.807) is 0 Å². The number of para-hydroxylation sites is 2. The average molecular weight is 769 g/mol. The van der Waals surface area contributed by atoms with Gasteiger partial charge in [-0.05, 0) is 115 Å². The standard InChI is InChI=1S/C58H40O2/c1-58(2)51-34-41(36-12-4-3-5-13-36)22-26-45(51)46-27-23-44(35-52(46)58)57(42-16-10-14-37(30-42)39-24-28-55-49(32-39)47-18-6-8-20-53(47)59-55)43-17-11-15-38(31-43)40-25-29-56-50(33-40)48-19-7-9-21-54(48)60-56/h3-35,57H,1-2H3. The van der Waals surface area contributed by atoms with Crippen molar-refractivity contribution in [2.75, 3.05) is 0 Å². The Labute approximate surface area is 349 Å². The second-order valence-corrected chi connectivity index (χ2v) is 16.9. The van der Waals surface area contributed by atoms with Crippen molar-refractivity contribution in [1.82, 2.24) is 0 Å². The quantitative estimate of drug-likeness (QED) is 0.158. The highest BCUT2D eigenvalue weighted by atomic mass is 16.3. The molecule has 0 unspecified atom stereocenters. The molecule has 0 atom stereocenters. The Balaban J connectivity index is 1.01. The third-order valence-corrected chi connectivity index (χ3v) is 13.0. The molecule has 2 heterocycles. The van der Waals surface area contributed by atoms with Crippen LogP contribution in [0.1, 0.15) is 47.6 Å². The minimum absolute atomic E-state index is 0.0217. The van der Waals surface area contributed by atoms with E-state index in [2.05, 4.69) is 190 Å². The van der Waals surface area contributed by atoms with Crippen LogP contribution in [0.25, 0.3) is 88.4 Å². The molecule has 0 spiro atoms. The molecular formula is C58H40O2. The molecule has 0 N–H and O–H groups in total. The second kappa shape index (κ2) is 13.3. The fourth-order valence-electron chi connectivity index (χ4n) is 9.93. The minimum Gasteiger partial charge on any atom is -0.456 e. The van der Waals surface area contributed by atoms with Gasteiger partial charge >= 0.3 is 0 Å². The fraction of sp³-hybridized carbons (Fsp3) is 0.0690. The van der Waals surface area contributed by atoms with Crippen molar-refractivity contribution in [2.45, 2.75) is 25.2 Å². The van der Waals surface area contributed by atoms with E-state index in [1.165, 1.54) is 72.3 Å². The molecule has 0 radical (unpaired) electrons. The van der Waals surface area contributed by atoms with E-state index in [9.17, 15) is 0 Å². The third kappa shape index (κ3) is 5.48. The van der Waals surface area contributed by atoms with Crippen molar-refractivity contribution < 1.29 is 8.83 Å². The summed E-state index contributed by atoms with van der Waals surface area (Å²) in [6.07, 6.45) is 0. The van der Waals surface area contributed by atoms with Crippen LogP contribution < -0.4 is 0 Å². The molecule has 284 valence electrons. The molecule has 0 saturated heterocycles. The Morgan fingerprint density at radius 1 is 0.317 bits per heavy atom. The lowest BCUT2D eigenvalue weighted by atomic mass is 9.78. The zero-order valence-corrected chi connectivity index (χ0v) is 33.4. The first-order chi connectivity index (χ1) is 29.5. The van der Waals surface area contributed by atoms with Gasteiger partial charge in [0.15, 0.2) is 0 Å². The molecule has 0 bridgehead atoms. The summed E-state index contributed by atoms with van der Waals surface area (Å²) in [5, 5.41) is 4.55. The lowest BCUT2D eigenvalue weighted by Crippen LogP contribution is -2.16. The maximum absolute atomic E-state index is 6.21. The highest BCUT2D eigenvalue weighted by Crippen LogP contribution is 2.51. The van der Waals surface area contributed by atoms with Crippen LogP contribution in [0.2, 0.25) is 0 Å². The van der Waals surface area contributed by atoms with Gasteiger partial charge in [0.2, 0.25) is 0 Å². The fourth-order valence-corrected chi connectivity index (χ4v) is 9.93. The summed E-state index contributed by atoms with van der Waals surface area (Å²) in [5.74, 6) is -0.0217. The van der Waals surface area contributed by atoms with Crippen molar-refractivity contribution in [2.24, 2.45) is 0 Å². The van der Waals surface area contributed by atoms with Crippen molar-refractivity contribution >= 4 is 43.9 Å². The Hall–Kier alpha value is -7.42. The van der Waals surface area contributed by atoms with E-state index < -0.39 is 0 Å². The van der Waals surface area contributed by atoms with E-state index in [4.69, 9.17) is 8.83 Å². The van der Waals surface area contributed by atoms with Crippen LogP contribution in [0.15, 0.2) is 209 Å². The highest BCUT2D eigenvalue weighted by molar-refractivity contribution is 6.07. The molecule has 0 fully saturated rings. The maximum atomic E-state index is 6.21. The summed E-state index contributed by atoms with van der Waals surface area (Å²) in [4.78, 5) is 0. The summed E-state index contributed by atoms with van der Waals surface area (Å²) >= 11 is 0. The number of benzene rings is 9. The lowest BCUT2D eigenvalue weighted by molar-refractivity contribution is 0.659. The van der Waals surface area contributed by atoms with Gasteiger partial charge in [-0.3, -0.25) is 0 Å². The van der Waals surface area contributed by atoms with E-state index in [0.29, 0.717) is 0 Å². The molecule has 0 amide bonds. The highest BCUT2D eigenvalue weighted by Gasteiger charge is 2.36. The number of rotatable bonds is 6. The summed E-state index contributed by atoms with van der Waals surface area (Å²) in [6.45, 7) is 4.77. The topological polar surface area (TPSA) is 26.3 Å². The van der Waals surface area contributed by atoms with Crippen LogP contribution in [-0.4, -0.2) is 0 Å². The second-order valence-electron chi connectivity index (χ2n) is 16.9. The van der Waals surface area contributed by atoms with Crippen LogP contribution in [-0.2, 0) is 5.41 Å². The van der Waals surface area contributed by atoms with Crippen molar-refractivity contribution in [1.29, 1.82) is 0 Å². The molecule has 60 heavy (non-hydrogen) atoms. The SMILES string of the molecule is CC1(C)c2cc(-c3ccccc3)ccc2-c2ccc(C(c3cccc(-c4ccc5oc6ccccc6c5c4)c3)c3cccc(-c4ccc5oc6ccccc6c5c4)c3)cc21. The zero-order valence-electron chi connectivity index (χ0n) is 33.4. The first kappa shape index (κ1) is 34.6. The number of fused-ring (bicyclic) bond motifs is 9. The van der Waals surface area contributed by atoms with Crippen LogP contribution in [0.4, 0.5) is 0 Å². The summed E-state index contributed by atoms with van der Waals surface area (Å²) < 4.78 is 12.4. The number of furan rings is 2. The summed E-state index contributed by atoms with van der Waals surface area (Å²) in [5.41, 5.74) is 19.8. The maximum Gasteiger partial charge on any atom is 0.135 e. The van der Waals surface area contributed by atoms with Crippen molar-refractivity contribution in [3.63, 3.8) is 0 Å². The van der Waals surface area contributed by atoms with E-state index in [-0.39, 0.29) is 11.3 Å². The molecule has 2 heteroatoms. The van der Waals surface area contributed by atoms with Gasteiger partial charge in [0.1, 0.15) is 22.3 Å². The van der Waals surface area contributed by atoms with Gasteiger partial charge in [0, 0.05) is 32.9 Å². The Bertz CT molecular complexity index is 3310. The largest absolute Gasteiger partial charge is 0.456 e. The molecule has 2 nitrogen and oxygen atoms in total. The molecule has 2 aromatic heterocycles. The first-order valence-corrected chi connectivity index (χ1v) is 20.8. The molecule has 0 aliphatic heterocycles. The predicted molar refractivity (Wildman–Crippen MR) is 249 cm³/mol. The average Bonchev–Trinajstić information content (AvgIpc) is 3.93. The lowest BCUT2D eigenvalue weighted by Gasteiger charge is -2.25. The van der Waals surface area contributed by atoms with Crippen LogP contribution in [0.5, 0.6) is 0 Å². The molecule has 0 saturated carbocycles. The van der Waals surface area contributed by atoms with Gasteiger partial charge in [-0.25, -0.2) is 0 Å². The van der Waals surface area contributed by atoms with Crippen LogP contribution in [0, 0.1) is 0 Å². The first-order valence-electron chi connectivity index (χ1n) is 20.8. The number of hydrogen-bond acceptors (Lipinski definition) is 2. The molecular weight excluding hydrogens is 729 g/mol. The van der Waals surface area contributed by atoms with Crippen LogP contribution in [0.3, 0.4) is 0 Å². The van der Waals surface area contributed by atoms with E-state index >= 15 is 0 Å². The molecule has 1 aliphatic carbocycles. The van der Waals surface area contributed by atoms with Crippen LogP contribution >= 0.6 is 0 Å². The predicted octanol–water partition coefficient (Wildman–Crippen LogP) is 16.0. The Kier molecular flexibility index (Phi) is 7.68. The summed E-state index contributed by atoms with van der Waals surface area (Å²) in [6, 6.07) is 73.0. The minimum atomic E-state index is -0.175. The zero-order chi connectivity index (χ0) is 40.0. The van der Waals surface area contributed by atoms with Gasteiger partial charge in [-0.15, -0.1) is 0 Å². The normalized spacial score (nSPS) is 13.1. The van der Waals surface area contributed by atoms with Crippen molar-refractivity contribution in [3.05, 3.63) is 228 Å². The smallest absolute Gasteiger partial charge is 0.135 e. The van der Waals surface area contributed by atoms with Gasteiger partial charge in [0.05, 0.1) is 0 Å². The monoisotopic (exact) mass is 768 g/mol. The molecule has 9 aromatic carbocycles. The van der Waals surface area contributed by atoms with Gasteiger partial charge < -0.3 is 8.83 Å². The van der Waals surface area contributed by atoms with Gasteiger partial charge in [0.25, 0.3) is 0 Å². The van der Waals surface area contributed by atoms with Crippen molar-refractivity contribution in [3.8, 4) is 44.5 Å². The Morgan fingerprint density at radius 2 is 0.750 bits per heavy atom. The number of hydrogen-bond donors (Lipinski definition) is 0. The summed E-state index contributed by atoms with van der Waals surface area (Å²) in [7, 11) is 0.